The van der Waals surface area contributed by atoms with E-state index in [0.29, 0.717) is 12.8 Å². The summed E-state index contributed by atoms with van der Waals surface area (Å²) >= 11 is 0. The van der Waals surface area contributed by atoms with Gasteiger partial charge in [-0.05, 0) is 56.3 Å². The number of rotatable bonds is 2. The van der Waals surface area contributed by atoms with Gasteiger partial charge in [-0.1, -0.05) is 20.8 Å². The standard InChI is InChI=1S/C21H36O5/c1-17(2)14-7-11-19-10-6-13(21(25-4,26-5)16(19)23)12-20(19,24)18(14,3)9-8-15(17)22/h13-16,22-24H,6-12H2,1-5H3/t13-,14+,15+,16-,18+,19+,20+/m0/s1. The molecular weight excluding hydrogens is 332 g/mol. The van der Waals surface area contributed by atoms with Crippen LogP contribution in [0.2, 0.25) is 0 Å². The molecule has 1 spiro atoms. The summed E-state index contributed by atoms with van der Waals surface area (Å²) in [5.41, 5.74) is -2.10. The minimum absolute atomic E-state index is 0.0232. The van der Waals surface area contributed by atoms with Gasteiger partial charge >= 0.3 is 0 Å². The summed E-state index contributed by atoms with van der Waals surface area (Å²) in [6.45, 7) is 6.50. The van der Waals surface area contributed by atoms with Crippen LogP contribution in [-0.4, -0.2) is 53.1 Å². The topological polar surface area (TPSA) is 79.2 Å². The first-order valence-corrected chi connectivity index (χ1v) is 10.2. The van der Waals surface area contributed by atoms with Gasteiger partial charge in [0.05, 0.1) is 11.7 Å². The van der Waals surface area contributed by atoms with Gasteiger partial charge in [0.15, 0.2) is 5.79 Å². The van der Waals surface area contributed by atoms with Gasteiger partial charge in [0.2, 0.25) is 0 Å². The minimum atomic E-state index is -1.02. The predicted molar refractivity (Wildman–Crippen MR) is 97.3 cm³/mol. The SMILES string of the molecule is COC1(OC)[C@H]2CC[C@@]3(CC[C@@H]4C(C)(C)[C@H](O)CC[C@@]4(C)[C@]3(O)C2)[C@@H]1O. The lowest BCUT2D eigenvalue weighted by atomic mass is 9.33. The third kappa shape index (κ3) is 1.80. The molecule has 0 heterocycles. The number of hydrogen-bond donors (Lipinski definition) is 3. The molecule has 0 radical (unpaired) electrons. The van der Waals surface area contributed by atoms with Gasteiger partial charge < -0.3 is 24.8 Å². The van der Waals surface area contributed by atoms with Gasteiger partial charge in [0.1, 0.15) is 6.10 Å². The number of aliphatic hydroxyl groups excluding tert-OH is 2. The number of aliphatic hydroxyl groups is 3. The van der Waals surface area contributed by atoms with E-state index in [-0.39, 0.29) is 28.8 Å². The second kappa shape index (κ2) is 5.44. The van der Waals surface area contributed by atoms with Gasteiger partial charge in [-0.3, -0.25) is 0 Å². The average molecular weight is 369 g/mol. The lowest BCUT2D eigenvalue weighted by Crippen LogP contribution is -2.81. The fourth-order valence-corrected chi connectivity index (χ4v) is 8.15. The maximum Gasteiger partial charge on any atom is 0.197 e. The Morgan fingerprint density at radius 2 is 1.50 bits per heavy atom. The molecule has 0 unspecified atom stereocenters. The summed E-state index contributed by atoms with van der Waals surface area (Å²) < 4.78 is 11.5. The van der Waals surface area contributed by atoms with Crippen LogP contribution >= 0.6 is 0 Å². The normalized spacial score (nSPS) is 54.5. The zero-order valence-corrected chi connectivity index (χ0v) is 16.9. The maximum atomic E-state index is 12.3. The van der Waals surface area contributed by atoms with Gasteiger partial charge in [-0.15, -0.1) is 0 Å². The van der Waals surface area contributed by atoms with Crippen LogP contribution in [0.1, 0.15) is 65.7 Å². The predicted octanol–water partition coefficient (Wildman–Crippen LogP) is 2.46. The van der Waals surface area contributed by atoms with E-state index >= 15 is 0 Å². The van der Waals surface area contributed by atoms with Crippen molar-refractivity contribution in [2.45, 2.75) is 89.3 Å². The van der Waals surface area contributed by atoms with Crippen molar-refractivity contribution in [3.05, 3.63) is 0 Å². The Bertz CT molecular complexity index is 587. The van der Waals surface area contributed by atoms with E-state index < -0.39 is 22.9 Å². The van der Waals surface area contributed by atoms with Gasteiger partial charge in [-0.25, -0.2) is 0 Å². The lowest BCUT2D eigenvalue weighted by Gasteiger charge is -2.75. The van der Waals surface area contributed by atoms with Crippen LogP contribution in [0.5, 0.6) is 0 Å². The quantitative estimate of drug-likeness (QED) is 0.653. The summed E-state index contributed by atoms with van der Waals surface area (Å²) in [7, 11) is 3.22. The second-order valence-corrected chi connectivity index (χ2v) is 10.4. The number of hydrogen-bond acceptors (Lipinski definition) is 5. The molecule has 0 aliphatic heterocycles. The van der Waals surface area contributed by atoms with E-state index in [9.17, 15) is 15.3 Å². The molecule has 7 atom stereocenters. The van der Waals surface area contributed by atoms with Crippen molar-refractivity contribution >= 4 is 0 Å². The molecular formula is C21H36O5. The van der Waals surface area contributed by atoms with E-state index in [0.717, 1.165) is 32.1 Å². The molecule has 150 valence electrons. The van der Waals surface area contributed by atoms with Crippen molar-refractivity contribution in [2.24, 2.45) is 28.1 Å². The third-order valence-electron chi connectivity index (χ3n) is 9.70. The second-order valence-electron chi connectivity index (χ2n) is 10.4. The van der Waals surface area contributed by atoms with Crippen molar-refractivity contribution in [2.75, 3.05) is 14.2 Å². The van der Waals surface area contributed by atoms with Gasteiger partial charge in [-0.2, -0.15) is 0 Å². The zero-order chi connectivity index (χ0) is 19.2. The van der Waals surface area contributed by atoms with E-state index in [4.69, 9.17) is 9.47 Å². The first-order chi connectivity index (χ1) is 12.1. The van der Waals surface area contributed by atoms with Crippen molar-refractivity contribution in [3.63, 3.8) is 0 Å². The number of ether oxygens (including phenoxy) is 2. The molecule has 0 saturated heterocycles. The molecule has 0 aromatic heterocycles. The Kier molecular flexibility index (Phi) is 4.01. The molecule has 5 rings (SSSR count). The molecule has 5 fully saturated rings. The van der Waals surface area contributed by atoms with Crippen molar-refractivity contribution in [3.8, 4) is 0 Å². The maximum absolute atomic E-state index is 12.3. The molecule has 3 N–H and O–H groups in total. The Labute approximate surface area is 157 Å². The molecule has 5 saturated carbocycles. The highest BCUT2D eigenvalue weighted by Crippen LogP contribution is 2.74. The Morgan fingerprint density at radius 1 is 0.885 bits per heavy atom. The summed E-state index contributed by atoms with van der Waals surface area (Å²) in [5, 5.41) is 34.4. The highest BCUT2D eigenvalue weighted by Gasteiger charge is 2.78. The highest BCUT2D eigenvalue weighted by molar-refractivity contribution is 5.26. The van der Waals surface area contributed by atoms with Gasteiger partial charge in [0.25, 0.3) is 0 Å². The van der Waals surface area contributed by atoms with E-state index in [1.807, 2.05) is 0 Å². The average Bonchev–Trinajstić information content (AvgIpc) is 2.60. The Balaban J connectivity index is 1.83. The lowest BCUT2D eigenvalue weighted by molar-refractivity contribution is -0.414. The van der Waals surface area contributed by atoms with E-state index in [1.165, 1.54) is 0 Å². The van der Waals surface area contributed by atoms with Gasteiger partial charge in [0, 0.05) is 31.0 Å². The first kappa shape index (κ1) is 19.1. The first-order valence-electron chi connectivity index (χ1n) is 10.2. The van der Waals surface area contributed by atoms with E-state index in [2.05, 4.69) is 20.8 Å². The largest absolute Gasteiger partial charge is 0.393 e. The number of fused-ring (bicyclic) bond motifs is 3. The molecule has 2 bridgehead atoms. The molecule has 5 heteroatoms. The monoisotopic (exact) mass is 368 g/mol. The minimum Gasteiger partial charge on any atom is -0.393 e. The van der Waals surface area contributed by atoms with Crippen molar-refractivity contribution in [1.29, 1.82) is 0 Å². The third-order valence-corrected chi connectivity index (χ3v) is 9.70. The zero-order valence-electron chi connectivity index (χ0n) is 16.9. The number of methoxy groups -OCH3 is 2. The summed E-state index contributed by atoms with van der Waals surface area (Å²) in [6, 6.07) is 0. The van der Waals surface area contributed by atoms with Crippen LogP contribution in [0.15, 0.2) is 0 Å². The molecule has 5 aliphatic rings. The van der Waals surface area contributed by atoms with Crippen LogP contribution in [0.4, 0.5) is 0 Å². The van der Waals surface area contributed by atoms with Crippen molar-refractivity contribution < 1.29 is 24.8 Å². The van der Waals surface area contributed by atoms with E-state index in [1.54, 1.807) is 14.2 Å². The fraction of sp³-hybridized carbons (Fsp3) is 1.00. The molecule has 5 aliphatic carbocycles. The highest BCUT2D eigenvalue weighted by atomic mass is 16.7. The Hall–Kier alpha value is -0.200. The smallest absolute Gasteiger partial charge is 0.197 e. The van der Waals surface area contributed by atoms with Crippen LogP contribution in [0.25, 0.3) is 0 Å². The molecule has 26 heavy (non-hydrogen) atoms. The van der Waals surface area contributed by atoms with Crippen LogP contribution < -0.4 is 0 Å². The summed E-state index contributed by atoms with van der Waals surface area (Å²) in [5.74, 6) is -0.803. The van der Waals surface area contributed by atoms with Crippen molar-refractivity contribution in [1.82, 2.24) is 0 Å². The molecule has 0 amide bonds. The Morgan fingerprint density at radius 3 is 2.12 bits per heavy atom. The summed E-state index contributed by atoms with van der Waals surface area (Å²) in [4.78, 5) is 0. The molecule has 5 nitrogen and oxygen atoms in total. The molecule has 0 aromatic rings. The van der Waals surface area contributed by atoms with Crippen LogP contribution in [0.3, 0.4) is 0 Å². The fourth-order valence-electron chi connectivity index (χ4n) is 8.15. The molecule has 0 aromatic carbocycles. The van der Waals surface area contributed by atoms with Crippen LogP contribution in [0, 0.1) is 28.1 Å². The van der Waals surface area contributed by atoms with Crippen LogP contribution in [-0.2, 0) is 9.47 Å². The summed E-state index contributed by atoms with van der Waals surface area (Å²) in [6.07, 6.45) is 4.33.